The summed E-state index contributed by atoms with van der Waals surface area (Å²) in [6.07, 6.45) is 11.9. The van der Waals surface area contributed by atoms with E-state index in [1.54, 1.807) is 0 Å². The highest BCUT2D eigenvalue weighted by Gasteiger charge is 2.32. The largest absolute Gasteiger partial charge is 0.338 e. The van der Waals surface area contributed by atoms with Gasteiger partial charge in [-0.2, -0.15) is 0 Å². The van der Waals surface area contributed by atoms with Crippen LogP contribution >= 0.6 is 0 Å². The molecule has 1 N–H and O–H groups in total. The van der Waals surface area contributed by atoms with E-state index in [4.69, 9.17) is 0 Å². The number of imidazole rings is 1. The maximum atomic E-state index is 4.41. The third-order valence-corrected chi connectivity index (χ3v) is 4.02. The lowest BCUT2D eigenvalue weighted by Gasteiger charge is -2.28. The molecule has 1 fully saturated rings. The van der Waals surface area contributed by atoms with Crippen molar-refractivity contribution in [2.75, 3.05) is 13.6 Å². The van der Waals surface area contributed by atoms with Gasteiger partial charge in [0.1, 0.15) is 5.82 Å². The highest BCUT2D eigenvalue weighted by atomic mass is 15.0. The molecule has 3 heteroatoms. The quantitative estimate of drug-likeness (QED) is 0.825. The van der Waals surface area contributed by atoms with E-state index in [2.05, 4.69) is 29.0 Å². The Balaban J connectivity index is 1.94. The zero-order chi connectivity index (χ0) is 11.4. The molecule has 0 amide bonds. The molecule has 16 heavy (non-hydrogen) atoms. The molecule has 1 aliphatic rings. The summed E-state index contributed by atoms with van der Waals surface area (Å²) in [6, 6.07) is 0. The van der Waals surface area contributed by atoms with Crippen LogP contribution in [0.25, 0.3) is 0 Å². The van der Waals surface area contributed by atoms with Crippen LogP contribution in [0.3, 0.4) is 0 Å². The summed E-state index contributed by atoms with van der Waals surface area (Å²) in [5.41, 5.74) is 0.542. The lowest BCUT2D eigenvalue weighted by Crippen LogP contribution is -2.30. The van der Waals surface area contributed by atoms with Crippen LogP contribution in [0.15, 0.2) is 12.4 Å². The van der Waals surface area contributed by atoms with Crippen molar-refractivity contribution in [3.63, 3.8) is 0 Å². The van der Waals surface area contributed by atoms with Crippen molar-refractivity contribution in [1.82, 2.24) is 14.9 Å². The van der Waals surface area contributed by atoms with Crippen LogP contribution in [0.1, 0.15) is 37.9 Å². The first-order valence-electron chi connectivity index (χ1n) is 6.37. The fourth-order valence-corrected chi connectivity index (χ4v) is 3.03. The fraction of sp³-hybridized carbons (Fsp3) is 0.769. The van der Waals surface area contributed by atoms with Gasteiger partial charge in [0.15, 0.2) is 0 Å². The monoisotopic (exact) mass is 221 g/mol. The third kappa shape index (κ3) is 2.46. The molecule has 0 aliphatic heterocycles. The van der Waals surface area contributed by atoms with Gasteiger partial charge in [-0.1, -0.05) is 12.8 Å². The first-order chi connectivity index (χ1) is 7.76. The predicted octanol–water partition coefficient (Wildman–Crippen LogP) is 2.13. The second-order valence-corrected chi connectivity index (χ2v) is 5.19. The van der Waals surface area contributed by atoms with Gasteiger partial charge in [-0.3, -0.25) is 0 Å². The van der Waals surface area contributed by atoms with Gasteiger partial charge in [0, 0.05) is 32.4 Å². The molecule has 0 unspecified atom stereocenters. The number of hydrogen-bond donors (Lipinski definition) is 1. The van der Waals surface area contributed by atoms with Crippen LogP contribution in [0.2, 0.25) is 0 Å². The Kier molecular flexibility index (Phi) is 3.64. The van der Waals surface area contributed by atoms with E-state index in [-0.39, 0.29) is 0 Å². The van der Waals surface area contributed by atoms with E-state index in [0.717, 1.165) is 13.0 Å². The summed E-state index contributed by atoms with van der Waals surface area (Å²) < 4.78 is 2.14. The molecule has 0 saturated heterocycles. The third-order valence-electron chi connectivity index (χ3n) is 4.02. The molecular formula is C13H23N3. The highest BCUT2D eigenvalue weighted by molar-refractivity contribution is 4.95. The summed E-state index contributed by atoms with van der Waals surface area (Å²) in [7, 11) is 4.16. The van der Waals surface area contributed by atoms with Crippen molar-refractivity contribution < 1.29 is 0 Å². The standard InChI is InChI=1S/C13H23N3/c1-14-11-13(6-3-4-7-13)8-5-12-15-9-10-16(12)2/h9-10,14H,3-8,11H2,1-2H3. The Labute approximate surface area is 98.3 Å². The molecule has 1 aromatic rings. The van der Waals surface area contributed by atoms with E-state index >= 15 is 0 Å². The van der Waals surface area contributed by atoms with Gasteiger partial charge in [0.25, 0.3) is 0 Å². The molecule has 0 bridgehead atoms. The molecule has 90 valence electrons. The summed E-state index contributed by atoms with van der Waals surface area (Å²) >= 11 is 0. The van der Waals surface area contributed by atoms with Crippen molar-refractivity contribution >= 4 is 0 Å². The smallest absolute Gasteiger partial charge is 0.108 e. The van der Waals surface area contributed by atoms with E-state index in [1.165, 1.54) is 37.9 Å². The van der Waals surface area contributed by atoms with Crippen molar-refractivity contribution in [3.05, 3.63) is 18.2 Å². The normalized spacial score (nSPS) is 19.1. The number of hydrogen-bond acceptors (Lipinski definition) is 2. The zero-order valence-electron chi connectivity index (χ0n) is 10.5. The van der Waals surface area contributed by atoms with Crippen LogP contribution in [0.5, 0.6) is 0 Å². The molecule has 0 atom stereocenters. The molecular weight excluding hydrogens is 198 g/mol. The van der Waals surface area contributed by atoms with Gasteiger partial charge in [-0.05, 0) is 31.7 Å². The Bertz CT molecular complexity index is 324. The van der Waals surface area contributed by atoms with Gasteiger partial charge in [-0.25, -0.2) is 4.98 Å². The molecule has 0 aromatic carbocycles. The number of rotatable bonds is 5. The Morgan fingerprint density at radius 3 is 2.75 bits per heavy atom. The van der Waals surface area contributed by atoms with Crippen LogP contribution in [0.4, 0.5) is 0 Å². The Hall–Kier alpha value is -0.830. The maximum Gasteiger partial charge on any atom is 0.108 e. The molecule has 1 heterocycles. The topological polar surface area (TPSA) is 29.9 Å². The molecule has 1 aromatic heterocycles. The zero-order valence-corrected chi connectivity index (χ0v) is 10.5. The van der Waals surface area contributed by atoms with Crippen LogP contribution < -0.4 is 5.32 Å². The molecule has 2 rings (SSSR count). The number of nitrogens with one attached hydrogen (secondary N) is 1. The summed E-state index contributed by atoms with van der Waals surface area (Å²) in [4.78, 5) is 4.41. The van der Waals surface area contributed by atoms with Gasteiger partial charge in [0.2, 0.25) is 0 Å². The van der Waals surface area contributed by atoms with Crippen LogP contribution in [-0.2, 0) is 13.5 Å². The number of aryl methyl sites for hydroxylation is 2. The fourth-order valence-electron chi connectivity index (χ4n) is 3.03. The lowest BCUT2D eigenvalue weighted by atomic mass is 9.81. The van der Waals surface area contributed by atoms with Crippen LogP contribution in [-0.4, -0.2) is 23.1 Å². The first kappa shape index (κ1) is 11.6. The average Bonchev–Trinajstić information content (AvgIpc) is 2.86. The number of nitrogens with zero attached hydrogens (tertiary/aromatic N) is 2. The second kappa shape index (κ2) is 5.00. The Morgan fingerprint density at radius 1 is 1.44 bits per heavy atom. The minimum absolute atomic E-state index is 0.542. The van der Waals surface area contributed by atoms with Crippen molar-refractivity contribution in [3.8, 4) is 0 Å². The molecule has 0 radical (unpaired) electrons. The van der Waals surface area contributed by atoms with Crippen LogP contribution in [0, 0.1) is 5.41 Å². The maximum absolute atomic E-state index is 4.41. The summed E-state index contributed by atoms with van der Waals surface area (Å²) in [6.45, 7) is 1.16. The SMILES string of the molecule is CNCC1(CCc2nccn2C)CCCC1. The summed E-state index contributed by atoms with van der Waals surface area (Å²) in [5, 5.41) is 3.37. The highest BCUT2D eigenvalue weighted by Crippen LogP contribution is 2.41. The first-order valence-corrected chi connectivity index (χ1v) is 6.37. The van der Waals surface area contributed by atoms with Crippen molar-refractivity contribution in [2.24, 2.45) is 12.5 Å². The summed E-state index contributed by atoms with van der Waals surface area (Å²) in [5.74, 6) is 1.22. The van der Waals surface area contributed by atoms with Crippen molar-refractivity contribution in [2.45, 2.75) is 38.5 Å². The van der Waals surface area contributed by atoms with Crippen molar-refractivity contribution in [1.29, 1.82) is 0 Å². The average molecular weight is 221 g/mol. The van der Waals surface area contributed by atoms with E-state index < -0.39 is 0 Å². The van der Waals surface area contributed by atoms with E-state index in [1.807, 2.05) is 12.4 Å². The van der Waals surface area contributed by atoms with Gasteiger partial charge >= 0.3 is 0 Å². The van der Waals surface area contributed by atoms with E-state index in [0.29, 0.717) is 5.41 Å². The van der Waals surface area contributed by atoms with Gasteiger partial charge in [-0.15, -0.1) is 0 Å². The minimum Gasteiger partial charge on any atom is -0.338 e. The number of aromatic nitrogens is 2. The predicted molar refractivity (Wildman–Crippen MR) is 66.4 cm³/mol. The molecule has 1 saturated carbocycles. The molecule has 0 spiro atoms. The molecule has 1 aliphatic carbocycles. The lowest BCUT2D eigenvalue weighted by molar-refractivity contribution is 0.262. The second-order valence-electron chi connectivity index (χ2n) is 5.19. The minimum atomic E-state index is 0.542. The Morgan fingerprint density at radius 2 is 2.19 bits per heavy atom. The van der Waals surface area contributed by atoms with Gasteiger partial charge in [0.05, 0.1) is 0 Å². The van der Waals surface area contributed by atoms with Gasteiger partial charge < -0.3 is 9.88 Å². The van der Waals surface area contributed by atoms with E-state index in [9.17, 15) is 0 Å². The molecule has 3 nitrogen and oxygen atoms in total.